The Morgan fingerprint density at radius 3 is 2.86 bits per heavy atom. The Labute approximate surface area is 176 Å². The van der Waals surface area contributed by atoms with Gasteiger partial charge in [0, 0.05) is 48.4 Å². The minimum absolute atomic E-state index is 0.0337. The van der Waals surface area contributed by atoms with Gasteiger partial charge >= 0.3 is 5.97 Å². The summed E-state index contributed by atoms with van der Waals surface area (Å²) < 4.78 is 12.9. The van der Waals surface area contributed by atoms with Crippen LogP contribution < -0.4 is 4.74 Å². The molecule has 0 spiro atoms. The number of halogens is 1. The van der Waals surface area contributed by atoms with Crippen LogP contribution in [0, 0.1) is 11.8 Å². The van der Waals surface area contributed by atoms with E-state index in [0.717, 1.165) is 24.2 Å². The molecule has 0 saturated carbocycles. The third-order valence-corrected chi connectivity index (χ3v) is 6.82. The van der Waals surface area contributed by atoms with Crippen LogP contribution in [-0.4, -0.2) is 46.7 Å². The van der Waals surface area contributed by atoms with Gasteiger partial charge in [-0.25, -0.2) is 0 Å². The van der Waals surface area contributed by atoms with E-state index >= 15 is 0 Å². The quantitative estimate of drug-likeness (QED) is 0.793. The first kappa shape index (κ1) is 20.5. The molecule has 2 saturated heterocycles. The van der Waals surface area contributed by atoms with Gasteiger partial charge in [0.25, 0.3) is 0 Å². The molecule has 0 aliphatic carbocycles. The summed E-state index contributed by atoms with van der Waals surface area (Å²) in [4.78, 5) is 25.1. The van der Waals surface area contributed by atoms with E-state index < -0.39 is 5.97 Å². The van der Waals surface area contributed by atoms with Crippen molar-refractivity contribution in [2.45, 2.75) is 63.8 Å². The maximum absolute atomic E-state index is 12.5. The fraction of sp³-hybridized carbons (Fsp3) is 0.636. The Kier molecular flexibility index (Phi) is 5.51. The van der Waals surface area contributed by atoms with E-state index in [1.165, 1.54) is 0 Å². The van der Waals surface area contributed by atoms with E-state index in [2.05, 4.69) is 13.8 Å². The van der Waals surface area contributed by atoms with Crippen LogP contribution in [0.3, 0.4) is 0 Å². The van der Waals surface area contributed by atoms with Crippen LogP contribution >= 0.6 is 11.6 Å². The second-order valence-corrected chi connectivity index (χ2v) is 9.40. The van der Waals surface area contributed by atoms with Crippen molar-refractivity contribution in [2.75, 3.05) is 13.1 Å². The third-order valence-electron chi connectivity index (χ3n) is 6.59. The molecule has 29 heavy (non-hydrogen) atoms. The van der Waals surface area contributed by atoms with Crippen molar-refractivity contribution >= 4 is 23.5 Å². The molecule has 4 atom stereocenters. The number of carbonyl (C=O) groups excluding carboxylic acids is 1. The number of aliphatic carboxylic acids is 1. The van der Waals surface area contributed by atoms with Crippen LogP contribution in [0.4, 0.5) is 0 Å². The standard InChI is InChI=1S/C22H28ClNO5/c1-22(2)16-10-13-12-24(19(25)4-3-5-20(26)27)9-8-17(13)28-21(16)15-11-14(23)6-7-18(15)29-22/h6-7,11,13,16-17,21H,3-5,8-10,12H2,1-2H3,(H,26,27)/t13-,16-,17-,21+/m0/s1. The van der Waals surface area contributed by atoms with Crippen molar-refractivity contribution in [1.82, 2.24) is 4.90 Å². The summed E-state index contributed by atoms with van der Waals surface area (Å²) in [5, 5.41) is 9.45. The van der Waals surface area contributed by atoms with Crippen molar-refractivity contribution in [1.29, 1.82) is 0 Å². The predicted molar refractivity (Wildman–Crippen MR) is 108 cm³/mol. The van der Waals surface area contributed by atoms with Gasteiger partial charge in [-0.2, -0.15) is 0 Å². The molecule has 7 heteroatoms. The molecule has 0 bridgehead atoms. The zero-order valence-corrected chi connectivity index (χ0v) is 17.7. The highest BCUT2D eigenvalue weighted by Crippen LogP contribution is 2.53. The lowest BCUT2D eigenvalue weighted by atomic mass is 9.70. The normalized spacial score (nSPS) is 29.8. The van der Waals surface area contributed by atoms with Crippen LogP contribution in [0.25, 0.3) is 0 Å². The van der Waals surface area contributed by atoms with Gasteiger partial charge < -0.3 is 19.5 Å². The smallest absolute Gasteiger partial charge is 0.303 e. The van der Waals surface area contributed by atoms with Crippen LogP contribution in [0.5, 0.6) is 5.75 Å². The summed E-state index contributed by atoms with van der Waals surface area (Å²) in [7, 11) is 0. The van der Waals surface area contributed by atoms with Gasteiger partial charge in [-0.3, -0.25) is 9.59 Å². The molecule has 0 radical (unpaired) electrons. The fourth-order valence-electron chi connectivity index (χ4n) is 5.06. The van der Waals surface area contributed by atoms with Crippen molar-refractivity contribution < 1.29 is 24.2 Å². The number of carbonyl (C=O) groups is 2. The minimum atomic E-state index is -0.858. The zero-order valence-electron chi connectivity index (χ0n) is 16.9. The number of carboxylic acid groups (broad SMARTS) is 1. The van der Waals surface area contributed by atoms with E-state index in [9.17, 15) is 9.59 Å². The number of fused-ring (bicyclic) bond motifs is 4. The number of hydrogen-bond donors (Lipinski definition) is 1. The minimum Gasteiger partial charge on any atom is -0.487 e. The van der Waals surface area contributed by atoms with Crippen molar-refractivity contribution in [3.05, 3.63) is 28.8 Å². The summed E-state index contributed by atoms with van der Waals surface area (Å²) in [6.07, 6.45) is 2.50. The maximum Gasteiger partial charge on any atom is 0.303 e. The lowest BCUT2D eigenvalue weighted by Crippen LogP contribution is -2.56. The van der Waals surface area contributed by atoms with Gasteiger partial charge in [0.2, 0.25) is 5.91 Å². The molecule has 0 aromatic heterocycles. The summed E-state index contributed by atoms with van der Waals surface area (Å²) in [6.45, 7) is 5.53. The number of piperidine rings is 1. The first-order valence-electron chi connectivity index (χ1n) is 10.4. The first-order chi connectivity index (χ1) is 13.7. The summed E-state index contributed by atoms with van der Waals surface area (Å²) in [6, 6.07) is 5.71. The van der Waals surface area contributed by atoms with Gasteiger partial charge in [-0.05, 0) is 51.3 Å². The molecule has 158 valence electrons. The summed E-state index contributed by atoms with van der Waals surface area (Å²) in [5.74, 6) is 0.463. The number of likely N-dealkylation sites (tertiary alicyclic amines) is 1. The second-order valence-electron chi connectivity index (χ2n) is 8.96. The molecule has 3 heterocycles. The molecule has 4 rings (SSSR count). The third kappa shape index (κ3) is 4.10. The van der Waals surface area contributed by atoms with Gasteiger partial charge in [0.1, 0.15) is 11.4 Å². The Hall–Kier alpha value is -1.79. The van der Waals surface area contributed by atoms with Crippen molar-refractivity contribution in [3.63, 3.8) is 0 Å². The molecule has 3 aliphatic heterocycles. The van der Waals surface area contributed by atoms with Crippen LogP contribution in [0.1, 0.15) is 57.6 Å². The largest absolute Gasteiger partial charge is 0.487 e. The molecule has 1 amide bonds. The highest BCUT2D eigenvalue weighted by atomic mass is 35.5. The molecule has 0 unspecified atom stereocenters. The first-order valence-corrected chi connectivity index (χ1v) is 10.8. The Bertz CT molecular complexity index is 810. The van der Waals surface area contributed by atoms with Crippen LogP contribution in [0.2, 0.25) is 5.02 Å². The van der Waals surface area contributed by atoms with Gasteiger partial charge in [-0.1, -0.05) is 11.6 Å². The fourth-order valence-corrected chi connectivity index (χ4v) is 5.24. The predicted octanol–water partition coefficient (Wildman–Crippen LogP) is 4.06. The molecular formula is C22H28ClNO5. The van der Waals surface area contributed by atoms with Crippen molar-refractivity contribution in [2.24, 2.45) is 11.8 Å². The number of carboxylic acids is 1. The number of benzene rings is 1. The summed E-state index contributed by atoms with van der Waals surface area (Å²) in [5.41, 5.74) is 0.650. The Morgan fingerprint density at radius 1 is 1.31 bits per heavy atom. The Balaban J connectivity index is 1.47. The monoisotopic (exact) mass is 421 g/mol. The molecule has 1 N–H and O–H groups in total. The van der Waals surface area contributed by atoms with Crippen molar-refractivity contribution in [3.8, 4) is 5.75 Å². The van der Waals surface area contributed by atoms with Gasteiger partial charge in [0.05, 0.1) is 12.2 Å². The van der Waals surface area contributed by atoms with E-state index in [4.69, 9.17) is 26.2 Å². The average molecular weight is 422 g/mol. The van der Waals surface area contributed by atoms with Gasteiger partial charge in [0.15, 0.2) is 0 Å². The van der Waals surface area contributed by atoms with E-state index in [-0.39, 0.29) is 48.4 Å². The molecular weight excluding hydrogens is 394 g/mol. The second kappa shape index (κ2) is 7.80. The zero-order chi connectivity index (χ0) is 20.8. The molecule has 6 nitrogen and oxygen atoms in total. The number of rotatable bonds is 4. The average Bonchev–Trinajstić information content (AvgIpc) is 2.66. The highest BCUT2D eigenvalue weighted by molar-refractivity contribution is 6.30. The number of nitrogens with zero attached hydrogens (tertiary/aromatic N) is 1. The maximum atomic E-state index is 12.5. The van der Waals surface area contributed by atoms with E-state index in [0.29, 0.717) is 24.5 Å². The molecule has 1 aromatic carbocycles. The Morgan fingerprint density at radius 2 is 2.10 bits per heavy atom. The molecule has 2 fully saturated rings. The highest BCUT2D eigenvalue weighted by Gasteiger charge is 2.51. The number of ether oxygens (including phenoxy) is 2. The summed E-state index contributed by atoms with van der Waals surface area (Å²) >= 11 is 6.24. The lowest BCUT2D eigenvalue weighted by molar-refractivity contribution is -0.188. The van der Waals surface area contributed by atoms with Gasteiger partial charge in [-0.15, -0.1) is 0 Å². The topological polar surface area (TPSA) is 76.1 Å². The van der Waals surface area contributed by atoms with E-state index in [1.54, 1.807) is 0 Å². The van der Waals surface area contributed by atoms with Crippen LogP contribution in [-0.2, 0) is 14.3 Å². The van der Waals surface area contributed by atoms with Crippen LogP contribution in [0.15, 0.2) is 18.2 Å². The van der Waals surface area contributed by atoms with E-state index in [1.807, 2.05) is 23.1 Å². The lowest BCUT2D eigenvalue weighted by Gasteiger charge is -2.53. The number of hydrogen-bond acceptors (Lipinski definition) is 4. The number of amides is 1. The SMILES string of the molecule is CC1(C)Oc2ccc(Cl)cc2[C@H]2O[C@H]3CCN(C(=O)CCCC(=O)O)C[C@@H]3C[C@@H]21. The molecule has 1 aromatic rings. The molecule has 3 aliphatic rings.